The molecule has 0 bridgehead atoms. The Morgan fingerprint density at radius 1 is 1.22 bits per heavy atom. The second kappa shape index (κ2) is 9.72. The number of benzene rings is 2. The van der Waals surface area contributed by atoms with Crippen LogP contribution in [0.2, 0.25) is 0 Å². The molecule has 1 heterocycles. The minimum Gasteiger partial charge on any atom is -0.493 e. The summed E-state index contributed by atoms with van der Waals surface area (Å²) in [5.74, 6) is 0.630. The van der Waals surface area contributed by atoms with E-state index >= 15 is 0 Å². The van der Waals surface area contributed by atoms with Crippen molar-refractivity contribution in [1.82, 2.24) is 5.32 Å². The van der Waals surface area contributed by atoms with Crippen LogP contribution < -0.4 is 15.4 Å². The number of hydrogen-bond donors (Lipinski definition) is 2. The molecule has 2 aromatic carbocycles. The molecule has 0 saturated heterocycles. The fraction of sp³-hybridized carbons (Fsp3) is 0.381. The summed E-state index contributed by atoms with van der Waals surface area (Å²) in [6, 6.07) is 11.4. The van der Waals surface area contributed by atoms with Crippen molar-refractivity contribution in [3.8, 4) is 5.75 Å². The number of ether oxygens (including phenoxy) is 1. The summed E-state index contributed by atoms with van der Waals surface area (Å²) in [7, 11) is 0. The van der Waals surface area contributed by atoms with Gasteiger partial charge in [-0.1, -0.05) is 32.0 Å². The minimum absolute atomic E-state index is 0. The van der Waals surface area contributed by atoms with E-state index in [-0.39, 0.29) is 42.8 Å². The van der Waals surface area contributed by atoms with Crippen LogP contribution in [0.15, 0.2) is 36.4 Å². The highest BCUT2D eigenvalue weighted by Gasteiger charge is 2.17. The van der Waals surface area contributed by atoms with Crippen molar-refractivity contribution in [2.45, 2.75) is 39.2 Å². The van der Waals surface area contributed by atoms with E-state index in [1.807, 2.05) is 30.3 Å². The maximum Gasteiger partial charge on any atom is 0.227 e. The molecule has 0 saturated carbocycles. The third-order valence-corrected chi connectivity index (χ3v) is 4.63. The van der Waals surface area contributed by atoms with Gasteiger partial charge in [-0.2, -0.15) is 0 Å². The molecule has 2 N–H and O–H groups in total. The van der Waals surface area contributed by atoms with Gasteiger partial charge in [-0.05, 0) is 53.8 Å². The molecule has 3 rings (SSSR count). The van der Waals surface area contributed by atoms with Gasteiger partial charge in [-0.3, -0.25) is 4.79 Å². The number of rotatable bonds is 6. The summed E-state index contributed by atoms with van der Waals surface area (Å²) in [5.41, 5.74) is 3.15. The molecule has 1 aliphatic rings. The molecule has 2 aromatic rings. The van der Waals surface area contributed by atoms with Crippen molar-refractivity contribution in [3.63, 3.8) is 0 Å². The van der Waals surface area contributed by atoms with Crippen LogP contribution in [0.3, 0.4) is 0 Å². The number of nitrogens with one attached hydrogen (secondary N) is 2. The Bertz CT molecular complexity index is 778. The monoisotopic (exact) mass is 392 g/mol. The Morgan fingerprint density at radius 3 is 2.67 bits per heavy atom. The van der Waals surface area contributed by atoms with Crippen molar-refractivity contribution in [2.24, 2.45) is 0 Å². The number of carbonyl (C=O) groups excluding carboxylic acids is 1. The van der Waals surface area contributed by atoms with Crippen LogP contribution in [-0.2, 0) is 17.8 Å². The van der Waals surface area contributed by atoms with Crippen molar-refractivity contribution in [3.05, 3.63) is 58.9 Å². The topological polar surface area (TPSA) is 50.4 Å². The second-order valence-corrected chi connectivity index (χ2v) is 6.86. The number of anilines is 1. The third kappa shape index (κ3) is 5.44. The number of halogens is 2. The molecule has 6 heteroatoms. The average molecular weight is 393 g/mol. The van der Waals surface area contributed by atoms with Gasteiger partial charge in [0, 0.05) is 6.54 Å². The molecule has 1 amide bonds. The second-order valence-electron chi connectivity index (χ2n) is 6.86. The molecule has 0 fully saturated rings. The molecule has 0 atom stereocenters. The van der Waals surface area contributed by atoms with Crippen LogP contribution in [0.25, 0.3) is 0 Å². The van der Waals surface area contributed by atoms with E-state index in [4.69, 9.17) is 4.74 Å². The largest absolute Gasteiger partial charge is 0.493 e. The first-order valence-electron chi connectivity index (χ1n) is 9.08. The van der Waals surface area contributed by atoms with Gasteiger partial charge >= 0.3 is 0 Å². The quantitative estimate of drug-likeness (QED) is 0.764. The molecule has 0 unspecified atom stereocenters. The molecule has 146 valence electrons. The predicted octanol–water partition coefficient (Wildman–Crippen LogP) is 4.42. The van der Waals surface area contributed by atoms with Gasteiger partial charge < -0.3 is 15.4 Å². The maximum atomic E-state index is 14.5. The van der Waals surface area contributed by atoms with E-state index in [1.165, 1.54) is 5.56 Å². The van der Waals surface area contributed by atoms with Crippen molar-refractivity contribution in [2.75, 3.05) is 18.5 Å². The normalized spacial score (nSPS) is 12.9. The Labute approximate surface area is 165 Å². The van der Waals surface area contributed by atoms with Crippen LogP contribution in [0.1, 0.15) is 42.9 Å². The van der Waals surface area contributed by atoms with E-state index < -0.39 is 0 Å². The zero-order valence-corrected chi connectivity index (χ0v) is 16.5. The zero-order chi connectivity index (χ0) is 18.5. The smallest absolute Gasteiger partial charge is 0.227 e. The predicted molar refractivity (Wildman–Crippen MR) is 108 cm³/mol. The van der Waals surface area contributed by atoms with Gasteiger partial charge in [0.05, 0.1) is 18.7 Å². The van der Waals surface area contributed by atoms with Crippen molar-refractivity contribution >= 4 is 24.0 Å². The molecule has 27 heavy (non-hydrogen) atoms. The Kier molecular flexibility index (Phi) is 7.63. The Hall–Kier alpha value is -2.11. The molecule has 0 aliphatic carbocycles. The maximum absolute atomic E-state index is 14.5. The first-order valence-corrected chi connectivity index (χ1v) is 9.08. The van der Waals surface area contributed by atoms with Crippen LogP contribution in [0.5, 0.6) is 5.75 Å². The van der Waals surface area contributed by atoms with E-state index in [1.54, 1.807) is 6.07 Å². The summed E-state index contributed by atoms with van der Waals surface area (Å²) in [4.78, 5) is 12.1. The minimum atomic E-state index is -0.317. The molecular weight excluding hydrogens is 367 g/mol. The summed E-state index contributed by atoms with van der Waals surface area (Å²) in [5, 5.41) is 5.87. The molecule has 0 radical (unpaired) electrons. The van der Waals surface area contributed by atoms with Gasteiger partial charge in [-0.25, -0.2) is 4.39 Å². The van der Waals surface area contributed by atoms with Crippen LogP contribution in [0, 0.1) is 5.82 Å². The SMILES string of the molecule is CC(C)c1ccc(OCCC(=O)Nc2ccc3c(c2F)CCNC3)cc1.Cl. The Balaban J connectivity index is 0.00000261. The van der Waals surface area contributed by atoms with E-state index in [0.29, 0.717) is 24.4 Å². The number of carbonyl (C=O) groups is 1. The molecule has 1 aliphatic heterocycles. The molecular formula is C21H26ClFN2O2. The van der Waals surface area contributed by atoms with Crippen LogP contribution in [0.4, 0.5) is 10.1 Å². The van der Waals surface area contributed by atoms with Gasteiger partial charge in [0.25, 0.3) is 0 Å². The number of amides is 1. The number of fused-ring (bicyclic) bond motifs is 1. The summed E-state index contributed by atoms with van der Waals surface area (Å²) in [6.45, 7) is 5.95. The third-order valence-electron chi connectivity index (χ3n) is 4.63. The lowest BCUT2D eigenvalue weighted by Crippen LogP contribution is -2.25. The van der Waals surface area contributed by atoms with E-state index in [9.17, 15) is 9.18 Å². The summed E-state index contributed by atoms with van der Waals surface area (Å²) < 4.78 is 20.1. The standard InChI is InChI=1S/C21H25FN2O2.ClH/c1-14(2)15-3-6-17(7-4-15)26-12-10-20(25)24-19-8-5-16-13-23-11-9-18(16)21(19)22;/h3-8,14,23H,9-13H2,1-2H3,(H,24,25);1H. The van der Waals surface area contributed by atoms with Gasteiger partial charge in [-0.15, -0.1) is 12.4 Å². The highest BCUT2D eigenvalue weighted by Crippen LogP contribution is 2.24. The van der Waals surface area contributed by atoms with Crippen LogP contribution in [-0.4, -0.2) is 19.1 Å². The lowest BCUT2D eigenvalue weighted by atomic mass is 9.99. The summed E-state index contributed by atoms with van der Waals surface area (Å²) >= 11 is 0. The van der Waals surface area contributed by atoms with Crippen molar-refractivity contribution < 1.29 is 13.9 Å². The fourth-order valence-corrected chi connectivity index (χ4v) is 3.05. The lowest BCUT2D eigenvalue weighted by molar-refractivity contribution is -0.116. The fourth-order valence-electron chi connectivity index (χ4n) is 3.05. The lowest BCUT2D eigenvalue weighted by Gasteiger charge is -2.19. The van der Waals surface area contributed by atoms with Gasteiger partial charge in [0.15, 0.2) is 0 Å². The molecule has 4 nitrogen and oxygen atoms in total. The number of hydrogen-bond acceptors (Lipinski definition) is 3. The highest BCUT2D eigenvalue weighted by atomic mass is 35.5. The summed E-state index contributed by atoms with van der Waals surface area (Å²) in [6.07, 6.45) is 0.810. The van der Waals surface area contributed by atoms with Gasteiger partial charge in [0.1, 0.15) is 11.6 Å². The van der Waals surface area contributed by atoms with E-state index in [0.717, 1.165) is 17.9 Å². The molecule has 0 spiro atoms. The highest BCUT2D eigenvalue weighted by molar-refractivity contribution is 5.91. The first kappa shape index (κ1) is 21.2. The zero-order valence-electron chi connectivity index (χ0n) is 15.7. The molecule has 0 aromatic heterocycles. The van der Waals surface area contributed by atoms with E-state index in [2.05, 4.69) is 24.5 Å². The van der Waals surface area contributed by atoms with Gasteiger partial charge in [0.2, 0.25) is 5.91 Å². The van der Waals surface area contributed by atoms with Crippen molar-refractivity contribution in [1.29, 1.82) is 0 Å². The van der Waals surface area contributed by atoms with Crippen LogP contribution >= 0.6 is 12.4 Å². The average Bonchev–Trinajstić information content (AvgIpc) is 2.65. The Morgan fingerprint density at radius 2 is 1.96 bits per heavy atom. The first-order chi connectivity index (χ1) is 12.5.